The number of sulfone groups is 1. The van der Waals surface area contributed by atoms with Gasteiger partial charge < -0.3 is 9.64 Å². The van der Waals surface area contributed by atoms with E-state index in [1.54, 1.807) is 35.2 Å². The number of amides is 1. The molecule has 116 valence electrons. The highest BCUT2D eigenvalue weighted by Crippen LogP contribution is 2.16. The van der Waals surface area contributed by atoms with Crippen molar-refractivity contribution in [1.29, 1.82) is 0 Å². The molecule has 1 aromatic carbocycles. The number of hydrogen-bond donors (Lipinski definition) is 0. The topological polar surface area (TPSA) is 63.7 Å². The number of ether oxygens (including phenoxy) is 1. The zero-order valence-corrected chi connectivity index (χ0v) is 13.2. The summed E-state index contributed by atoms with van der Waals surface area (Å²) in [6, 6.07) is 8.21. The molecule has 0 radical (unpaired) electrons. The Balaban J connectivity index is 2.01. The van der Waals surface area contributed by atoms with Crippen molar-refractivity contribution < 1.29 is 17.9 Å². The molecular weight excluding hydrogens is 290 g/mol. The molecule has 0 bridgehead atoms. The van der Waals surface area contributed by atoms with E-state index in [-0.39, 0.29) is 35.1 Å². The molecule has 0 spiro atoms. The highest BCUT2D eigenvalue weighted by atomic mass is 32.2. The highest BCUT2D eigenvalue weighted by Gasteiger charge is 2.30. The van der Waals surface area contributed by atoms with Crippen LogP contribution in [0, 0.1) is 0 Å². The average molecular weight is 311 g/mol. The standard InChI is InChI=1S/C15H21NO4S/c1-12-10-20-11-13(2)16(12)15(17)8-9-21(18,19)14-6-4-3-5-7-14/h3-7,12-13H,8-11H2,1-2H3. The lowest BCUT2D eigenvalue weighted by atomic mass is 10.1. The summed E-state index contributed by atoms with van der Waals surface area (Å²) in [4.78, 5) is 14.3. The molecule has 0 N–H and O–H groups in total. The number of nitrogens with zero attached hydrogens (tertiary/aromatic N) is 1. The molecule has 1 saturated heterocycles. The third kappa shape index (κ3) is 3.83. The van der Waals surface area contributed by atoms with E-state index in [9.17, 15) is 13.2 Å². The van der Waals surface area contributed by atoms with Gasteiger partial charge >= 0.3 is 0 Å². The fourth-order valence-electron chi connectivity index (χ4n) is 2.59. The molecule has 2 atom stereocenters. The van der Waals surface area contributed by atoms with Gasteiger partial charge in [0.05, 0.1) is 35.9 Å². The summed E-state index contributed by atoms with van der Waals surface area (Å²) in [5, 5.41) is 0. The van der Waals surface area contributed by atoms with Crippen LogP contribution in [0.25, 0.3) is 0 Å². The normalized spacial score (nSPS) is 23.0. The first-order chi connectivity index (χ1) is 9.92. The van der Waals surface area contributed by atoms with Crippen LogP contribution in [0.5, 0.6) is 0 Å². The third-order valence-corrected chi connectivity index (χ3v) is 5.37. The van der Waals surface area contributed by atoms with Crippen molar-refractivity contribution in [2.45, 2.75) is 37.2 Å². The van der Waals surface area contributed by atoms with E-state index < -0.39 is 9.84 Å². The fourth-order valence-corrected chi connectivity index (χ4v) is 3.84. The Morgan fingerprint density at radius 2 is 1.76 bits per heavy atom. The van der Waals surface area contributed by atoms with Gasteiger partial charge in [0, 0.05) is 6.42 Å². The maximum atomic E-state index is 12.3. The number of carbonyl (C=O) groups excluding carboxylic acids is 1. The van der Waals surface area contributed by atoms with Gasteiger partial charge in [0.25, 0.3) is 0 Å². The van der Waals surface area contributed by atoms with Gasteiger partial charge in [0.1, 0.15) is 0 Å². The van der Waals surface area contributed by atoms with Gasteiger partial charge in [0.2, 0.25) is 5.91 Å². The van der Waals surface area contributed by atoms with Crippen molar-refractivity contribution in [2.24, 2.45) is 0 Å². The Labute approximate surface area is 125 Å². The van der Waals surface area contributed by atoms with Crippen LogP contribution in [0.15, 0.2) is 35.2 Å². The zero-order chi connectivity index (χ0) is 15.5. The van der Waals surface area contributed by atoms with Gasteiger partial charge in [-0.05, 0) is 26.0 Å². The minimum absolute atomic E-state index is 0.00586. The fraction of sp³-hybridized carbons (Fsp3) is 0.533. The van der Waals surface area contributed by atoms with Crippen molar-refractivity contribution in [3.05, 3.63) is 30.3 Å². The summed E-state index contributed by atoms with van der Waals surface area (Å²) < 4.78 is 29.8. The molecule has 2 unspecified atom stereocenters. The Morgan fingerprint density at radius 3 is 2.33 bits per heavy atom. The predicted molar refractivity (Wildman–Crippen MR) is 79.7 cm³/mol. The van der Waals surface area contributed by atoms with Crippen LogP contribution in [0.4, 0.5) is 0 Å². The van der Waals surface area contributed by atoms with Crippen molar-refractivity contribution >= 4 is 15.7 Å². The number of rotatable bonds is 4. The SMILES string of the molecule is CC1COCC(C)N1C(=O)CCS(=O)(=O)c1ccccc1. The number of hydrogen-bond acceptors (Lipinski definition) is 4. The van der Waals surface area contributed by atoms with E-state index in [0.29, 0.717) is 13.2 Å². The summed E-state index contributed by atoms with van der Waals surface area (Å²) in [7, 11) is -3.41. The Morgan fingerprint density at radius 1 is 1.19 bits per heavy atom. The Hall–Kier alpha value is -1.40. The molecule has 6 heteroatoms. The molecule has 0 aromatic heterocycles. The van der Waals surface area contributed by atoms with E-state index in [1.165, 1.54) is 0 Å². The quantitative estimate of drug-likeness (QED) is 0.845. The van der Waals surface area contributed by atoms with Crippen molar-refractivity contribution in [1.82, 2.24) is 4.90 Å². The monoisotopic (exact) mass is 311 g/mol. The molecule has 21 heavy (non-hydrogen) atoms. The lowest BCUT2D eigenvalue weighted by molar-refractivity contribution is -0.143. The van der Waals surface area contributed by atoms with Crippen LogP contribution in [0.2, 0.25) is 0 Å². The maximum Gasteiger partial charge on any atom is 0.224 e. The highest BCUT2D eigenvalue weighted by molar-refractivity contribution is 7.91. The largest absolute Gasteiger partial charge is 0.377 e. The second-order valence-corrected chi connectivity index (χ2v) is 7.53. The van der Waals surface area contributed by atoms with Gasteiger partial charge in [-0.3, -0.25) is 4.79 Å². The lowest BCUT2D eigenvalue weighted by Gasteiger charge is -2.38. The first-order valence-corrected chi connectivity index (χ1v) is 8.74. The summed E-state index contributed by atoms with van der Waals surface area (Å²) in [6.45, 7) is 4.83. The van der Waals surface area contributed by atoms with Crippen LogP contribution in [0.3, 0.4) is 0 Å². The molecule has 1 heterocycles. The Bertz CT molecular complexity index is 575. The van der Waals surface area contributed by atoms with Crippen molar-refractivity contribution in [3.63, 3.8) is 0 Å². The summed E-state index contributed by atoms with van der Waals surface area (Å²) in [6.07, 6.45) is 0.00586. The first kappa shape index (κ1) is 16.0. The molecule has 1 aliphatic heterocycles. The molecule has 2 rings (SSSR count). The molecule has 1 aliphatic rings. The number of morpholine rings is 1. The second-order valence-electron chi connectivity index (χ2n) is 5.42. The van der Waals surface area contributed by atoms with Crippen LogP contribution in [-0.4, -0.2) is 50.3 Å². The van der Waals surface area contributed by atoms with E-state index in [4.69, 9.17) is 4.74 Å². The molecule has 0 saturated carbocycles. The summed E-state index contributed by atoms with van der Waals surface area (Å²) in [5.41, 5.74) is 0. The molecular formula is C15H21NO4S. The minimum atomic E-state index is -3.41. The predicted octanol–water partition coefficient (Wildman–Crippen LogP) is 1.49. The molecule has 5 nitrogen and oxygen atoms in total. The molecule has 1 fully saturated rings. The summed E-state index contributed by atoms with van der Waals surface area (Å²) in [5.74, 6) is -0.287. The van der Waals surface area contributed by atoms with Crippen LogP contribution < -0.4 is 0 Å². The van der Waals surface area contributed by atoms with Gasteiger partial charge in [0.15, 0.2) is 9.84 Å². The smallest absolute Gasteiger partial charge is 0.224 e. The average Bonchev–Trinajstić information content (AvgIpc) is 2.46. The minimum Gasteiger partial charge on any atom is -0.377 e. The van der Waals surface area contributed by atoms with E-state index in [2.05, 4.69) is 0 Å². The van der Waals surface area contributed by atoms with Crippen molar-refractivity contribution in [2.75, 3.05) is 19.0 Å². The molecule has 0 aliphatic carbocycles. The third-order valence-electron chi connectivity index (χ3n) is 3.64. The lowest BCUT2D eigenvalue weighted by Crippen LogP contribution is -2.52. The molecule has 1 amide bonds. The van der Waals surface area contributed by atoms with E-state index in [0.717, 1.165) is 0 Å². The first-order valence-electron chi connectivity index (χ1n) is 7.08. The van der Waals surface area contributed by atoms with E-state index >= 15 is 0 Å². The van der Waals surface area contributed by atoms with Crippen LogP contribution in [-0.2, 0) is 19.4 Å². The number of benzene rings is 1. The number of carbonyl (C=O) groups is 1. The van der Waals surface area contributed by atoms with Crippen molar-refractivity contribution in [3.8, 4) is 0 Å². The van der Waals surface area contributed by atoms with E-state index in [1.807, 2.05) is 13.8 Å². The van der Waals surface area contributed by atoms with Crippen LogP contribution in [0.1, 0.15) is 20.3 Å². The van der Waals surface area contributed by atoms with Crippen LogP contribution >= 0.6 is 0 Å². The summed E-state index contributed by atoms with van der Waals surface area (Å²) >= 11 is 0. The van der Waals surface area contributed by atoms with Gasteiger partial charge in [-0.2, -0.15) is 0 Å². The van der Waals surface area contributed by atoms with Gasteiger partial charge in [-0.25, -0.2) is 8.42 Å². The zero-order valence-electron chi connectivity index (χ0n) is 12.4. The van der Waals surface area contributed by atoms with Gasteiger partial charge in [-0.15, -0.1) is 0 Å². The Kier molecular flexibility index (Phi) is 5.00. The van der Waals surface area contributed by atoms with Gasteiger partial charge in [-0.1, -0.05) is 18.2 Å². The second kappa shape index (κ2) is 6.58. The maximum absolute atomic E-state index is 12.3. The molecule has 1 aromatic rings.